The van der Waals surface area contributed by atoms with Crippen LogP contribution in [0.3, 0.4) is 0 Å². The van der Waals surface area contributed by atoms with Gasteiger partial charge in [-0.1, -0.05) is 65.3 Å². The molecule has 0 saturated heterocycles. The Morgan fingerprint density at radius 3 is 1.78 bits per heavy atom. The second-order valence-electron chi connectivity index (χ2n) is 6.59. The van der Waals surface area contributed by atoms with E-state index < -0.39 is 0 Å². The van der Waals surface area contributed by atoms with Gasteiger partial charge in [0.2, 0.25) is 0 Å². The molecule has 0 heterocycles. The second kappa shape index (κ2) is 6.41. The Labute approximate surface area is 115 Å². The molecule has 0 bridgehead atoms. The van der Waals surface area contributed by atoms with Gasteiger partial charge < -0.3 is 0 Å². The molecule has 0 unspecified atom stereocenters. The van der Waals surface area contributed by atoms with Crippen molar-refractivity contribution in [3.63, 3.8) is 0 Å². The Bertz CT molecular complexity index is 354. The molecule has 0 aliphatic carbocycles. The molecule has 0 rings (SSSR count). The number of rotatable bonds is 4. The molecule has 0 fully saturated rings. The predicted molar refractivity (Wildman–Crippen MR) is 84.8 cm³/mol. The van der Waals surface area contributed by atoms with E-state index in [1.165, 1.54) is 16.7 Å². The van der Waals surface area contributed by atoms with Crippen LogP contribution < -0.4 is 0 Å². The summed E-state index contributed by atoms with van der Waals surface area (Å²) in [6.45, 7) is 20.4. The van der Waals surface area contributed by atoms with Crippen molar-refractivity contribution in [2.24, 2.45) is 10.8 Å². The van der Waals surface area contributed by atoms with Crippen molar-refractivity contribution >= 4 is 0 Å². The Balaban J connectivity index is 6.07. The third-order valence-corrected chi connectivity index (χ3v) is 4.47. The maximum absolute atomic E-state index is 2.36. The summed E-state index contributed by atoms with van der Waals surface area (Å²) in [6.07, 6.45) is 7.79. The van der Waals surface area contributed by atoms with Crippen molar-refractivity contribution in [1.82, 2.24) is 0 Å². The summed E-state index contributed by atoms with van der Waals surface area (Å²) in [4.78, 5) is 0. The third kappa shape index (κ3) is 3.60. The lowest BCUT2D eigenvalue weighted by Gasteiger charge is -2.41. The molecule has 0 aromatic rings. The van der Waals surface area contributed by atoms with Crippen LogP contribution in [0.15, 0.2) is 34.9 Å². The van der Waals surface area contributed by atoms with E-state index in [2.05, 4.69) is 80.5 Å². The summed E-state index contributed by atoms with van der Waals surface area (Å²) < 4.78 is 0. The highest BCUT2D eigenvalue weighted by Crippen LogP contribution is 2.46. The van der Waals surface area contributed by atoms with Gasteiger partial charge in [-0.2, -0.15) is 0 Å². The molecule has 0 radical (unpaired) electrons. The van der Waals surface area contributed by atoms with Crippen molar-refractivity contribution in [2.45, 2.75) is 68.7 Å². The van der Waals surface area contributed by atoms with Gasteiger partial charge in [-0.05, 0) is 49.2 Å². The average Bonchev–Trinajstić information content (AvgIpc) is 2.26. The molecule has 0 aromatic carbocycles. The van der Waals surface area contributed by atoms with Crippen molar-refractivity contribution in [3.05, 3.63) is 34.9 Å². The molecule has 0 atom stereocenters. The first-order valence-electron chi connectivity index (χ1n) is 7.13. The summed E-state index contributed by atoms with van der Waals surface area (Å²) in [7, 11) is 0. The summed E-state index contributed by atoms with van der Waals surface area (Å²) in [6, 6.07) is 0. The molecule has 0 saturated carbocycles. The van der Waals surface area contributed by atoms with Gasteiger partial charge in [0.25, 0.3) is 0 Å². The van der Waals surface area contributed by atoms with E-state index in [4.69, 9.17) is 0 Å². The molecule has 0 aliphatic rings. The Morgan fingerprint density at radius 2 is 1.50 bits per heavy atom. The first-order chi connectivity index (χ1) is 8.13. The predicted octanol–water partition coefficient (Wildman–Crippen LogP) is 6.31. The molecular formula is C18H32. The quantitative estimate of drug-likeness (QED) is 0.511. The summed E-state index contributed by atoms with van der Waals surface area (Å²) in [5.41, 5.74) is 4.79. The van der Waals surface area contributed by atoms with E-state index in [-0.39, 0.29) is 10.8 Å². The Morgan fingerprint density at radius 1 is 1.00 bits per heavy atom. The lowest BCUT2D eigenvalue weighted by Crippen LogP contribution is -2.32. The van der Waals surface area contributed by atoms with Crippen LogP contribution in [0.25, 0.3) is 0 Å². The first-order valence-corrected chi connectivity index (χ1v) is 7.13. The third-order valence-electron chi connectivity index (χ3n) is 4.47. The zero-order valence-corrected chi connectivity index (χ0v) is 13.9. The fourth-order valence-corrected chi connectivity index (χ4v) is 2.11. The van der Waals surface area contributed by atoms with Gasteiger partial charge in [0.1, 0.15) is 0 Å². The van der Waals surface area contributed by atoms with E-state index in [9.17, 15) is 0 Å². The van der Waals surface area contributed by atoms with E-state index >= 15 is 0 Å². The molecular weight excluding hydrogens is 216 g/mol. The van der Waals surface area contributed by atoms with E-state index in [0.717, 1.165) is 6.42 Å². The minimum atomic E-state index is 0.162. The van der Waals surface area contributed by atoms with Crippen molar-refractivity contribution in [1.29, 1.82) is 0 Å². The first kappa shape index (κ1) is 17.2. The summed E-state index contributed by atoms with van der Waals surface area (Å²) in [5, 5.41) is 0. The van der Waals surface area contributed by atoms with E-state index in [0.29, 0.717) is 0 Å². The highest BCUT2D eigenvalue weighted by molar-refractivity contribution is 5.42. The lowest BCUT2D eigenvalue weighted by atomic mass is 9.63. The normalized spacial score (nSPS) is 16.2. The minimum Gasteiger partial charge on any atom is -0.0874 e. The van der Waals surface area contributed by atoms with Gasteiger partial charge >= 0.3 is 0 Å². The zero-order valence-electron chi connectivity index (χ0n) is 13.9. The molecule has 104 valence electrons. The van der Waals surface area contributed by atoms with Crippen LogP contribution in [0, 0.1) is 10.8 Å². The highest BCUT2D eigenvalue weighted by Gasteiger charge is 2.36. The van der Waals surface area contributed by atoms with Crippen molar-refractivity contribution in [3.8, 4) is 0 Å². The standard InChI is InChI=1S/C18H32/c1-10-13-16(15(12-3)14(4)11-2)18(8,9)17(5,6)7/h10-11,13H,12H2,1-9H3. The van der Waals surface area contributed by atoms with Crippen molar-refractivity contribution < 1.29 is 0 Å². The van der Waals surface area contributed by atoms with Gasteiger partial charge in [0, 0.05) is 0 Å². The van der Waals surface area contributed by atoms with Gasteiger partial charge in [0.05, 0.1) is 0 Å². The van der Waals surface area contributed by atoms with Crippen LogP contribution in [0.1, 0.15) is 68.7 Å². The van der Waals surface area contributed by atoms with Crippen LogP contribution in [-0.2, 0) is 0 Å². The van der Waals surface area contributed by atoms with Gasteiger partial charge in [0.15, 0.2) is 0 Å². The van der Waals surface area contributed by atoms with Gasteiger partial charge in [-0.3, -0.25) is 0 Å². The maximum Gasteiger partial charge on any atom is -0.00524 e. The molecule has 0 nitrogen and oxygen atoms in total. The summed E-state index contributed by atoms with van der Waals surface area (Å²) in [5.74, 6) is 0. The second-order valence-corrected chi connectivity index (χ2v) is 6.59. The van der Waals surface area contributed by atoms with Gasteiger partial charge in [-0.25, -0.2) is 0 Å². The number of hydrogen-bond acceptors (Lipinski definition) is 0. The van der Waals surface area contributed by atoms with Crippen LogP contribution in [-0.4, -0.2) is 0 Å². The van der Waals surface area contributed by atoms with Crippen molar-refractivity contribution in [2.75, 3.05) is 0 Å². The maximum atomic E-state index is 2.36. The zero-order chi connectivity index (χ0) is 14.6. The average molecular weight is 248 g/mol. The topological polar surface area (TPSA) is 0 Å². The Kier molecular flexibility index (Phi) is 6.13. The highest BCUT2D eigenvalue weighted by atomic mass is 14.4. The molecule has 0 amide bonds. The fraction of sp³-hybridized carbons (Fsp3) is 0.667. The molecule has 0 spiro atoms. The van der Waals surface area contributed by atoms with Gasteiger partial charge in [-0.15, -0.1) is 0 Å². The van der Waals surface area contributed by atoms with Crippen LogP contribution >= 0.6 is 0 Å². The smallest absolute Gasteiger partial charge is 0.00524 e. The minimum absolute atomic E-state index is 0.162. The number of allylic oxidation sites excluding steroid dienone is 6. The van der Waals surface area contributed by atoms with Crippen LogP contribution in [0.5, 0.6) is 0 Å². The molecule has 0 heteroatoms. The summed E-state index contributed by atoms with van der Waals surface area (Å²) >= 11 is 0. The monoisotopic (exact) mass is 248 g/mol. The molecule has 18 heavy (non-hydrogen) atoms. The fourth-order valence-electron chi connectivity index (χ4n) is 2.11. The largest absolute Gasteiger partial charge is 0.0874 e. The molecule has 0 aromatic heterocycles. The molecule has 0 N–H and O–H groups in total. The van der Waals surface area contributed by atoms with Crippen LogP contribution in [0.4, 0.5) is 0 Å². The van der Waals surface area contributed by atoms with E-state index in [1.807, 2.05) is 0 Å². The SMILES string of the molecule is CC=CC(=C(CC)C(C)=CC)C(C)(C)C(C)(C)C. The number of hydrogen-bond donors (Lipinski definition) is 0. The Hall–Kier alpha value is -0.780. The van der Waals surface area contributed by atoms with Crippen LogP contribution in [0.2, 0.25) is 0 Å². The lowest BCUT2D eigenvalue weighted by molar-refractivity contribution is 0.180. The molecule has 0 aliphatic heterocycles. The van der Waals surface area contributed by atoms with E-state index in [1.54, 1.807) is 0 Å².